The van der Waals surface area contributed by atoms with Crippen LogP contribution in [-0.4, -0.2) is 42.0 Å². The van der Waals surface area contributed by atoms with Gasteiger partial charge in [0.1, 0.15) is 0 Å². The van der Waals surface area contributed by atoms with Gasteiger partial charge in [-0.05, 0) is 20.3 Å². The number of hydrogen-bond acceptors (Lipinski definition) is 5. The maximum absolute atomic E-state index is 13.2. The van der Waals surface area contributed by atoms with Crippen molar-refractivity contribution >= 4 is 11.9 Å². The van der Waals surface area contributed by atoms with E-state index in [4.69, 9.17) is 0 Å². The second-order valence-electron chi connectivity index (χ2n) is 4.49. The molecule has 0 radical (unpaired) electrons. The lowest BCUT2D eigenvalue weighted by Crippen LogP contribution is -2.57. The Balaban J connectivity index is 5.59. The van der Waals surface area contributed by atoms with Gasteiger partial charge in [-0.1, -0.05) is 19.4 Å². The van der Waals surface area contributed by atoms with Crippen LogP contribution in [0.5, 0.6) is 0 Å². The highest BCUT2D eigenvalue weighted by atomic mass is 19.4. The highest BCUT2D eigenvalue weighted by molar-refractivity contribution is 5.83. The standard InChI is InChI=1S/C14H21F3O5/c1-4-7-10(8-9-11(18)21-5-2)13(20,14(15,16)17)12(19)22-6-3/h8-10,20H,4-7H2,1-3H3/b9-8+. The number of esters is 2. The van der Waals surface area contributed by atoms with E-state index in [2.05, 4.69) is 9.47 Å². The number of alkyl halides is 3. The average Bonchev–Trinajstić information content (AvgIpc) is 2.41. The predicted octanol–water partition coefficient (Wildman–Crippen LogP) is 2.38. The molecule has 0 saturated carbocycles. The van der Waals surface area contributed by atoms with Gasteiger partial charge in [-0.3, -0.25) is 0 Å². The summed E-state index contributed by atoms with van der Waals surface area (Å²) in [6, 6.07) is 0. The molecule has 0 heterocycles. The normalized spacial score (nSPS) is 16.1. The molecule has 0 aromatic carbocycles. The highest BCUT2D eigenvalue weighted by Crippen LogP contribution is 2.40. The monoisotopic (exact) mass is 326 g/mol. The molecule has 2 unspecified atom stereocenters. The predicted molar refractivity (Wildman–Crippen MR) is 71.8 cm³/mol. The fourth-order valence-corrected chi connectivity index (χ4v) is 1.86. The molecule has 0 fully saturated rings. The van der Waals surface area contributed by atoms with Gasteiger partial charge in [0.05, 0.1) is 13.2 Å². The number of carbonyl (C=O) groups is 2. The Bertz CT molecular complexity index is 406. The SMILES string of the molecule is CCCC(/C=C/C(=O)OCC)C(O)(C(=O)OCC)C(F)(F)F. The van der Waals surface area contributed by atoms with Crippen LogP contribution in [0.15, 0.2) is 12.2 Å². The van der Waals surface area contributed by atoms with Crippen LogP contribution in [0.25, 0.3) is 0 Å². The molecule has 1 N–H and O–H groups in total. The van der Waals surface area contributed by atoms with E-state index in [-0.39, 0.29) is 26.1 Å². The van der Waals surface area contributed by atoms with Crippen LogP contribution < -0.4 is 0 Å². The van der Waals surface area contributed by atoms with Crippen molar-refractivity contribution < 1.29 is 37.3 Å². The zero-order chi connectivity index (χ0) is 17.4. The summed E-state index contributed by atoms with van der Waals surface area (Å²) in [6.45, 7) is 4.21. The molecule has 0 aliphatic rings. The first-order valence-electron chi connectivity index (χ1n) is 6.96. The van der Waals surface area contributed by atoms with Gasteiger partial charge in [-0.25, -0.2) is 9.59 Å². The Morgan fingerprint density at radius 3 is 2.09 bits per heavy atom. The van der Waals surface area contributed by atoms with Crippen molar-refractivity contribution in [2.45, 2.75) is 45.4 Å². The molecule has 0 aliphatic carbocycles. The van der Waals surface area contributed by atoms with Gasteiger partial charge in [0, 0.05) is 12.0 Å². The van der Waals surface area contributed by atoms with E-state index >= 15 is 0 Å². The van der Waals surface area contributed by atoms with Crippen molar-refractivity contribution in [3.8, 4) is 0 Å². The molecule has 22 heavy (non-hydrogen) atoms. The van der Waals surface area contributed by atoms with Crippen LogP contribution in [0.4, 0.5) is 13.2 Å². The third-order valence-corrected chi connectivity index (χ3v) is 2.91. The molecule has 0 rings (SSSR count). The van der Waals surface area contributed by atoms with Crippen molar-refractivity contribution in [1.82, 2.24) is 0 Å². The Kier molecular flexibility index (Phi) is 8.15. The number of aliphatic hydroxyl groups is 1. The van der Waals surface area contributed by atoms with Gasteiger partial charge in [0.15, 0.2) is 0 Å². The van der Waals surface area contributed by atoms with E-state index in [1.165, 1.54) is 6.92 Å². The second-order valence-corrected chi connectivity index (χ2v) is 4.49. The molecule has 0 amide bonds. The highest BCUT2D eigenvalue weighted by Gasteiger charge is 2.64. The molecule has 0 bridgehead atoms. The van der Waals surface area contributed by atoms with Gasteiger partial charge in [0.25, 0.3) is 5.60 Å². The lowest BCUT2D eigenvalue weighted by molar-refractivity contribution is -0.274. The van der Waals surface area contributed by atoms with Gasteiger partial charge in [-0.2, -0.15) is 13.2 Å². The van der Waals surface area contributed by atoms with E-state index < -0.39 is 29.6 Å². The summed E-state index contributed by atoms with van der Waals surface area (Å²) in [6.07, 6.45) is -3.52. The summed E-state index contributed by atoms with van der Waals surface area (Å²) >= 11 is 0. The minimum atomic E-state index is -5.24. The van der Waals surface area contributed by atoms with Gasteiger partial charge in [-0.15, -0.1) is 0 Å². The first kappa shape index (κ1) is 20.4. The second kappa shape index (κ2) is 8.77. The topological polar surface area (TPSA) is 72.8 Å². The Labute approximate surface area is 127 Å². The quantitative estimate of drug-likeness (QED) is 0.548. The van der Waals surface area contributed by atoms with Crippen molar-refractivity contribution in [2.75, 3.05) is 13.2 Å². The minimum absolute atomic E-state index is 0.0586. The summed E-state index contributed by atoms with van der Waals surface area (Å²) in [5.41, 5.74) is -3.71. The molecule has 128 valence electrons. The molecular formula is C14H21F3O5. The number of halogens is 3. The van der Waals surface area contributed by atoms with E-state index in [9.17, 15) is 27.9 Å². The average molecular weight is 326 g/mol. The van der Waals surface area contributed by atoms with Crippen LogP contribution >= 0.6 is 0 Å². The first-order valence-corrected chi connectivity index (χ1v) is 6.96. The molecule has 0 spiro atoms. The van der Waals surface area contributed by atoms with Crippen LogP contribution in [-0.2, 0) is 19.1 Å². The van der Waals surface area contributed by atoms with Crippen molar-refractivity contribution in [2.24, 2.45) is 5.92 Å². The lowest BCUT2D eigenvalue weighted by atomic mass is 9.83. The Morgan fingerprint density at radius 2 is 1.68 bits per heavy atom. The van der Waals surface area contributed by atoms with Crippen LogP contribution in [0.1, 0.15) is 33.6 Å². The Morgan fingerprint density at radius 1 is 1.14 bits per heavy atom. The van der Waals surface area contributed by atoms with Gasteiger partial charge >= 0.3 is 18.1 Å². The zero-order valence-electron chi connectivity index (χ0n) is 12.8. The number of hydrogen-bond donors (Lipinski definition) is 1. The summed E-state index contributed by atoms with van der Waals surface area (Å²) in [7, 11) is 0. The number of rotatable bonds is 8. The molecule has 5 nitrogen and oxygen atoms in total. The fraction of sp³-hybridized carbons (Fsp3) is 0.714. The molecule has 0 aromatic rings. The Hall–Kier alpha value is -1.57. The number of ether oxygens (including phenoxy) is 2. The van der Waals surface area contributed by atoms with Crippen LogP contribution in [0, 0.1) is 5.92 Å². The number of carbonyl (C=O) groups excluding carboxylic acids is 2. The minimum Gasteiger partial charge on any atom is -0.464 e. The zero-order valence-corrected chi connectivity index (χ0v) is 12.8. The van der Waals surface area contributed by atoms with Crippen molar-refractivity contribution in [1.29, 1.82) is 0 Å². The molecular weight excluding hydrogens is 305 g/mol. The van der Waals surface area contributed by atoms with Gasteiger partial charge < -0.3 is 14.6 Å². The largest absolute Gasteiger partial charge is 0.464 e. The van der Waals surface area contributed by atoms with Gasteiger partial charge in [0.2, 0.25) is 0 Å². The maximum Gasteiger partial charge on any atom is 0.428 e. The van der Waals surface area contributed by atoms with Crippen LogP contribution in [0.2, 0.25) is 0 Å². The fourth-order valence-electron chi connectivity index (χ4n) is 1.86. The lowest BCUT2D eigenvalue weighted by Gasteiger charge is -2.33. The molecule has 2 atom stereocenters. The van der Waals surface area contributed by atoms with E-state index in [1.807, 2.05) is 0 Å². The van der Waals surface area contributed by atoms with E-state index in [0.29, 0.717) is 0 Å². The smallest absolute Gasteiger partial charge is 0.428 e. The summed E-state index contributed by atoms with van der Waals surface area (Å²) < 4.78 is 48.6. The maximum atomic E-state index is 13.2. The molecule has 0 saturated heterocycles. The van der Waals surface area contributed by atoms with Crippen molar-refractivity contribution in [3.05, 3.63) is 12.2 Å². The third-order valence-electron chi connectivity index (χ3n) is 2.91. The summed E-state index contributed by atoms with van der Waals surface area (Å²) in [4.78, 5) is 22.9. The van der Waals surface area contributed by atoms with Crippen LogP contribution in [0.3, 0.4) is 0 Å². The molecule has 0 aromatic heterocycles. The van der Waals surface area contributed by atoms with Crippen molar-refractivity contribution in [3.63, 3.8) is 0 Å². The van der Waals surface area contributed by atoms with E-state index in [0.717, 1.165) is 12.2 Å². The molecule has 8 heteroatoms. The summed E-state index contributed by atoms with van der Waals surface area (Å²) in [5.74, 6) is -4.28. The third kappa shape index (κ3) is 5.01. The van der Waals surface area contributed by atoms with E-state index in [1.54, 1.807) is 13.8 Å². The summed E-state index contributed by atoms with van der Waals surface area (Å²) in [5, 5.41) is 9.98. The molecule has 0 aliphatic heterocycles. The first-order chi connectivity index (χ1) is 10.1.